The highest BCUT2D eigenvalue weighted by Crippen LogP contribution is 2.33. The standard InChI is InChI=1S/C20H19N3O2/c1-25-15-8-3-7-14(11-15)23-20(24)16-12-22-17-9-2-5-13-6-4-10-21-19(13)18(16)17/h3-4,6-8,10-12,22H,2,5,9H2,1H3,(H,23,24). The van der Waals surface area contributed by atoms with Crippen LogP contribution >= 0.6 is 0 Å². The van der Waals surface area contributed by atoms with E-state index in [4.69, 9.17) is 4.74 Å². The van der Waals surface area contributed by atoms with E-state index in [2.05, 4.69) is 21.4 Å². The van der Waals surface area contributed by atoms with Crippen LogP contribution in [0.5, 0.6) is 5.75 Å². The predicted octanol–water partition coefficient (Wildman–Crippen LogP) is 3.83. The van der Waals surface area contributed by atoms with Crippen molar-refractivity contribution in [1.29, 1.82) is 0 Å². The summed E-state index contributed by atoms with van der Waals surface area (Å²) in [6.07, 6.45) is 6.50. The highest BCUT2D eigenvalue weighted by Gasteiger charge is 2.24. The highest BCUT2D eigenvalue weighted by atomic mass is 16.5. The van der Waals surface area contributed by atoms with Crippen LogP contribution in [0, 0.1) is 0 Å². The largest absolute Gasteiger partial charge is 0.497 e. The van der Waals surface area contributed by atoms with Crippen LogP contribution in [0.25, 0.3) is 11.3 Å². The number of aromatic amines is 1. The van der Waals surface area contributed by atoms with Crippen LogP contribution in [-0.4, -0.2) is 23.0 Å². The third kappa shape index (κ3) is 2.89. The van der Waals surface area contributed by atoms with Crippen molar-refractivity contribution in [1.82, 2.24) is 9.97 Å². The lowest BCUT2D eigenvalue weighted by Gasteiger charge is -2.09. The Balaban J connectivity index is 1.71. The first kappa shape index (κ1) is 15.4. The molecule has 3 aromatic rings. The van der Waals surface area contributed by atoms with Gasteiger partial charge in [-0.05, 0) is 43.0 Å². The zero-order valence-electron chi connectivity index (χ0n) is 14.0. The molecule has 0 saturated carbocycles. The molecule has 2 heterocycles. The molecular weight excluding hydrogens is 314 g/mol. The zero-order valence-corrected chi connectivity index (χ0v) is 14.0. The smallest absolute Gasteiger partial charge is 0.257 e. The van der Waals surface area contributed by atoms with Gasteiger partial charge in [0.25, 0.3) is 5.91 Å². The number of ether oxygens (including phenoxy) is 1. The van der Waals surface area contributed by atoms with Crippen molar-refractivity contribution < 1.29 is 9.53 Å². The quantitative estimate of drug-likeness (QED) is 0.765. The lowest BCUT2D eigenvalue weighted by Crippen LogP contribution is -2.12. The van der Waals surface area contributed by atoms with Crippen LogP contribution in [-0.2, 0) is 12.8 Å². The van der Waals surface area contributed by atoms with E-state index in [0.29, 0.717) is 17.0 Å². The van der Waals surface area contributed by atoms with Gasteiger partial charge in [-0.1, -0.05) is 12.1 Å². The SMILES string of the molecule is COc1cccc(NC(=O)c2c[nH]c3c2-c2ncccc2CCC3)c1. The minimum Gasteiger partial charge on any atom is -0.497 e. The van der Waals surface area contributed by atoms with Gasteiger partial charge in [0.15, 0.2) is 0 Å². The molecule has 1 aromatic carbocycles. The molecule has 0 saturated heterocycles. The van der Waals surface area contributed by atoms with Gasteiger partial charge in [-0.15, -0.1) is 0 Å². The molecule has 5 nitrogen and oxygen atoms in total. The van der Waals surface area contributed by atoms with E-state index < -0.39 is 0 Å². The number of fused-ring (bicyclic) bond motifs is 3. The first-order chi connectivity index (χ1) is 12.3. The summed E-state index contributed by atoms with van der Waals surface area (Å²) in [6, 6.07) is 11.4. The van der Waals surface area contributed by atoms with E-state index >= 15 is 0 Å². The summed E-state index contributed by atoms with van der Waals surface area (Å²) >= 11 is 0. The second-order valence-corrected chi connectivity index (χ2v) is 6.11. The van der Waals surface area contributed by atoms with Gasteiger partial charge in [-0.25, -0.2) is 0 Å². The summed E-state index contributed by atoms with van der Waals surface area (Å²) in [7, 11) is 1.61. The summed E-state index contributed by atoms with van der Waals surface area (Å²) < 4.78 is 5.21. The van der Waals surface area contributed by atoms with Gasteiger partial charge in [-0.3, -0.25) is 9.78 Å². The van der Waals surface area contributed by atoms with Gasteiger partial charge in [0.05, 0.1) is 18.4 Å². The second kappa shape index (κ2) is 6.43. The lowest BCUT2D eigenvalue weighted by atomic mass is 10.0. The van der Waals surface area contributed by atoms with Crippen molar-refractivity contribution >= 4 is 11.6 Å². The van der Waals surface area contributed by atoms with Crippen LogP contribution in [0.4, 0.5) is 5.69 Å². The molecule has 1 aliphatic carbocycles. The van der Waals surface area contributed by atoms with Gasteiger partial charge in [-0.2, -0.15) is 0 Å². The van der Waals surface area contributed by atoms with Gasteiger partial charge in [0.2, 0.25) is 0 Å². The van der Waals surface area contributed by atoms with E-state index in [-0.39, 0.29) is 5.91 Å². The Kier molecular flexibility index (Phi) is 3.98. The van der Waals surface area contributed by atoms with Crippen molar-refractivity contribution in [2.75, 3.05) is 12.4 Å². The van der Waals surface area contributed by atoms with Crippen LogP contribution in [0.3, 0.4) is 0 Å². The van der Waals surface area contributed by atoms with Gasteiger partial charge < -0.3 is 15.0 Å². The monoisotopic (exact) mass is 333 g/mol. The zero-order chi connectivity index (χ0) is 17.2. The Labute approximate surface area is 146 Å². The Morgan fingerprint density at radius 3 is 3.04 bits per heavy atom. The number of pyridine rings is 1. The average molecular weight is 333 g/mol. The Morgan fingerprint density at radius 2 is 2.16 bits per heavy atom. The molecule has 0 spiro atoms. The maximum atomic E-state index is 12.9. The van der Waals surface area contributed by atoms with Crippen LogP contribution in [0.2, 0.25) is 0 Å². The molecule has 126 valence electrons. The van der Waals surface area contributed by atoms with Crippen molar-refractivity contribution in [2.24, 2.45) is 0 Å². The molecule has 2 aromatic heterocycles. The number of methoxy groups -OCH3 is 1. The van der Waals surface area contributed by atoms with Crippen LogP contribution in [0.15, 0.2) is 48.8 Å². The Morgan fingerprint density at radius 1 is 1.24 bits per heavy atom. The molecule has 25 heavy (non-hydrogen) atoms. The van der Waals surface area contributed by atoms with Crippen LogP contribution in [0.1, 0.15) is 28.0 Å². The minimum atomic E-state index is -0.149. The molecule has 0 bridgehead atoms. The van der Waals surface area contributed by atoms with Crippen molar-refractivity contribution in [3.8, 4) is 17.0 Å². The number of aryl methyl sites for hydroxylation is 2. The first-order valence-corrected chi connectivity index (χ1v) is 8.36. The number of hydrogen-bond donors (Lipinski definition) is 2. The van der Waals surface area contributed by atoms with Crippen molar-refractivity contribution in [3.05, 3.63) is 65.6 Å². The number of benzene rings is 1. The molecule has 4 rings (SSSR count). The topological polar surface area (TPSA) is 67.0 Å². The molecule has 1 amide bonds. The third-order valence-electron chi connectivity index (χ3n) is 4.54. The fraction of sp³-hybridized carbons (Fsp3) is 0.200. The molecule has 0 radical (unpaired) electrons. The molecule has 0 atom stereocenters. The lowest BCUT2D eigenvalue weighted by molar-refractivity contribution is 0.102. The van der Waals surface area contributed by atoms with Crippen molar-refractivity contribution in [3.63, 3.8) is 0 Å². The maximum absolute atomic E-state index is 12.9. The van der Waals surface area contributed by atoms with E-state index in [0.717, 1.165) is 36.2 Å². The maximum Gasteiger partial charge on any atom is 0.257 e. The summed E-state index contributed by atoms with van der Waals surface area (Å²) in [5.74, 6) is 0.557. The molecule has 0 unspecified atom stereocenters. The summed E-state index contributed by atoms with van der Waals surface area (Å²) in [5.41, 5.74) is 5.43. The number of aromatic nitrogens is 2. The number of carbonyl (C=O) groups is 1. The Hall–Kier alpha value is -3.08. The number of amides is 1. The number of nitrogens with zero attached hydrogens (tertiary/aromatic N) is 1. The number of carbonyl (C=O) groups excluding carboxylic acids is 1. The van der Waals surface area contributed by atoms with E-state index in [1.165, 1.54) is 5.56 Å². The minimum absolute atomic E-state index is 0.149. The summed E-state index contributed by atoms with van der Waals surface area (Å²) in [5, 5.41) is 2.95. The number of H-pyrrole nitrogens is 1. The fourth-order valence-electron chi connectivity index (χ4n) is 3.33. The van der Waals surface area contributed by atoms with E-state index in [1.807, 2.05) is 24.3 Å². The molecule has 0 aliphatic heterocycles. The van der Waals surface area contributed by atoms with Gasteiger partial charge >= 0.3 is 0 Å². The number of hydrogen-bond acceptors (Lipinski definition) is 3. The number of anilines is 1. The van der Waals surface area contributed by atoms with Crippen molar-refractivity contribution in [2.45, 2.75) is 19.3 Å². The fourth-order valence-corrected chi connectivity index (χ4v) is 3.33. The number of nitrogens with one attached hydrogen (secondary N) is 2. The number of rotatable bonds is 3. The van der Waals surface area contributed by atoms with Gasteiger partial charge in [0, 0.05) is 35.4 Å². The molecular formula is C20H19N3O2. The van der Waals surface area contributed by atoms with E-state index in [9.17, 15) is 4.79 Å². The Bertz CT molecular complexity index is 930. The summed E-state index contributed by atoms with van der Waals surface area (Å²) in [4.78, 5) is 20.7. The second-order valence-electron chi connectivity index (χ2n) is 6.11. The molecule has 0 fully saturated rings. The van der Waals surface area contributed by atoms with Crippen LogP contribution < -0.4 is 10.1 Å². The normalized spacial score (nSPS) is 12.7. The van der Waals surface area contributed by atoms with Gasteiger partial charge in [0.1, 0.15) is 5.75 Å². The molecule has 5 heteroatoms. The molecule has 1 aliphatic rings. The average Bonchev–Trinajstić information content (AvgIpc) is 2.97. The first-order valence-electron chi connectivity index (χ1n) is 8.36. The third-order valence-corrected chi connectivity index (χ3v) is 4.54. The highest BCUT2D eigenvalue weighted by molar-refractivity contribution is 6.09. The summed E-state index contributed by atoms with van der Waals surface area (Å²) in [6.45, 7) is 0. The predicted molar refractivity (Wildman–Crippen MR) is 97.0 cm³/mol. The molecule has 2 N–H and O–H groups in total. The van der Waals surface area contributed by atoms with E-state index in [1.54, 1.807) is 25.6 Å².